The van der Waals surface area contributed by atoms with Gasteiger partial charge in [-0.25, -0.2) is 13.8 Å². The average molecular weight is 618 g/mol. The Morgan fingerprint density at radius 2 is 1.39 bits per heavy atom. The highest BCUT2D eigenvalue weighted by Gasteiger charge is 2.28. The van der Waals surface area contributed by atoms with Gasteiger partial charge in [-0.1, -0.05) is 102 Å². The quantitative estimate of drug-likeness (QED) is 0.106. The van der Waals surface area contributed by atoms with Crippen LogP contribution in [0, 0.1) is 6.92 Å². The second kappa shape index (κ2) is 12.3. The van der Waals surface area contributed by atoms with E-state index in [4.69, 9.17) is 11.6 Å². The predicted molar refractivity (Wildman–Crippen MR) is 179 cm³/mol. The van der Waals surface area contributed by atoms with E-state index in [1.807, 2.05) is 55.5 Å². The number of nitrogens with one attached hydrogen (secondary N) is 1. The topological polar surface area (TPSA) is 78.8 Å². The molecule has 6 rings (SSSR count). The molecule has 0 aliphatic heterocycles. The Hall–Kier alpha value is -4.98. The molecule has 8 heteroatoms. The number of nitrogens with zero attached hydrogens (tertiary/aromatic N) is 2. The number of para-hydroxylation sites is 1. The van der Waals surface area contributed by atoms with Gasteiger partial charge in [0.15, 0.2) is 0 Å². The molecule has 0 radical (unpaired) electrons. The number of sulfonamides is 1. The van der Waals surface area contributed by atoms with Crippen molar-refractivity contribution in [3.63, 3.8) is 0 Å². The van der Waals surface area contributed by atoms with E-state index in [2.05, 4.69) is 16.6 Å². The third-order valence-corrected chi connectivity index (χ3v) is 9.46. The number of hydrogen-bond acceptors (Lipinski definition) is 4. The summed E-state index contributed by atoms with van der Waals surface area (Å²) < 4.78 is 29.4. The molecule has 0 aliphatic carbocycles. The second-order valence-corrected chi connectivity index (χ2v) is 12.7. The molecular weight excluding hydrogens is 590 g/mol. The average Bonchev–Trinajstić information content (AvgIpc) is 3.04. The maximum Gasteiger partial charge on any atom is 0.273 e. The highest BCUT2D eigenvalue weighted by atomic mass is 35.5. The third kappa shape index (κ3) is 5.93. The molecule has 0 aliphatic rings. The summed E-state index contributed by atoms with van der Waals surface area (Å²) in [6.45, 7) is 1.88. The molecule has 6 aromatic rings. The maximum atomic E-state index is 14.1. The highest BCUT2D eigenvalue weighted by molar-refractivity contribution is 7.92. The van der Waals surface area contributed by atoms with E-state index in [-0.39, 0.29) is 22.7 Å². The van der Waals surface area contributed by atoms with Crippen LogP contribution in [0.3, 0.4) is 0 Å². The monoisotopic (exact) mass is 617 g/mol. The molecule has 0 aromatic heterocycles. The van der Waals surface area contributed by atoms with Gasteiger partial charge in [-0.2, -0.15) is 5.10 Å². The molecule has 0 saturated carbocycles. The second-order valence-electron chi connectivity index (χ2n) is 10.4. The van der Waals surface area contributed by atoms with Crippen molar-refractivity contribution >= 4 is 61.0 Å². The first-order valence-electron chi connectivity index (χ1n) is 14.0. The molecular formula is C36H28ClN3O3S. The van der Waals surface area contributed by atoms with E-state index in [0.29, 0.717) is 10.6 Å². The van der Waals surface area contributed by atoms with Gasteiger partial charge in [0.25, 0.3) is 15.9 Å². The Bertz CT molecular complexity index is 2070. The van der Waals surface area contributed by atoms with Crippen molar-refractivity contribution in [1.29, 1.82) is 0 Å². The van der Waals surface area contributed by atoms with Crippen LogP contribution in [-0.2, 0) is 16.6 Å². The van der Waals surface area contributed by atoms with Crippen LogP contribution >= 0.6 is 11.6 Å². The molecule has 0 saturated heterocycles. The normalized spacial score (nSPS) is 11.7. The minimum Gasteiger partial charge on any atom is -0.267 e. The molecule has 44 heavy (non-hydrogen) atoms. The van der Waals surface area contributed by atoms with E-state index in [1.54, 1.807) is 79.0 Å². The fourth-order valence-electron chi connectivity index (χ4n) is 5.18. The van der Waals surface area contributed by atoms with Crippen LogP contribution in [0.25, 0.3) is 21.5 Å². The predicted octanol–water partition coefficient (Wildman–Crippen LogP) is 8.11. The van der Waals surface area contributed by atoms with E-state index < -0.39 is 15.9 Å². The first-order chi connectivity index (χ1) is 21.3. The van der Waals surface area contributed by atoms with E-state index in [0.717, 1.165) is 32.7 Å². The SMILES string of the molecule is Cc1ccc(S(=O)(=O)N(Cc2ccc(Cl)cc2)c2ccccc2C(=O)N/N=C/c2c3ccccc3cc3ccccc23)cc1. The Morgan fingerprint density at radius 3 is 2.05 bits per heavy atom. The molecule has 0 unspecified atom stereocenters. The van der Waals surface area contributed by atoms with Crippen LogP contribution in [-0.4, -0.2) is 20.5 Å². The van der Waals surface area contributed by atoms with Gasteiger partial charge in [-0.15, -0.1) is 0 Å². The Labute approximate surface area is 261 Å². The number of hydrogen-bond donors (Lipinski definition) is 1. The summed E-state index contributed by atoms with van der Waals surface area (Å²) >= 11 is 6.09. The van der Waals surface area contributed by atoms with Crippen LogP contribution in [0.1, 0.15) is 27.0 Å². The van der Waals surface area contributed by atoms with Crippen LogP contribution < -0.4 is 9.73 Å². The molecule has 0 heterocycles. The number of fused-ring (bicyclic) bond motifs is 2. The zero-order valence-electron chi connectivity index (χ0n) is 23.8. The lowest BCUT2D eigenvalue weighted by Crippen LogP contribution is -2.33. The first kappa shape index (κ1) is 29.1. The van der Waals surface area contributed by atoms with E-state index >= 15 is 0 Å². The number of hydrazone groups is 1. The summed E-state index contributed by atoms with van der Waals surface area (Å²) in [6.07, 6.45) is 1.64. The maximum absolute atomic E-state index is 14.1. The van der Waals surface area contributed by atoms with Crippen LogP contribution in [0.2, 0.25) is 5.02 Å². The molecule has 0 bridgehead atoms. The molecule has 218 valence electrons. The number of carbonyl (C=O) groups excluding carboxylic acids is 1. The third-order valence-electron chi connectivity index (χ3n) is 7.44. The Balaban J connectivity index is 1.37. The number of rotatable bonds is 8. The lowest BCUT2D eigenvalue weighted by molar-refractivity contribution is 0.0955. The molecule has 6 aromatic carbocycles. The first-order valence-corrected chi connectivity index (χ1v) is 15.8. The van der Waals surface area contributed by atoms with Gasteiger partial charge < -0.3 is 0 Å². The number of anilines is 1. The summed E-state index contributed by atoms with van der Waals surface area (Å²) in [4.78, 5) is 13.7. The lowest BCUT2D eigenvalue weighted by Gasteiger charge is -2.26. The fourth-order valence-corrected chi connectivity index (χ4v) is 6.78. The van der Waals surface area contributed by atoms with Gasteiger partial charge in [0.1, 0.15) is 0 Å². The van der Waals surface area contributed by atoms with Crippen LogP contribution in [0.4, 0.5) is 5.69 Å². The summed E-state index contributed by atoms with van der Waals surface area (Å²) in [7, 11) is -4.07. The minimum absolute atomic E-state index is 0.0110. The molecule has 0 atom stereocenters. The Kier molecular flexibility index (Phi) is 8.15. The molecule has 0 fully saturated rings. The van der Waals surface area contributed by atoms with Crippen molar-refractivity contribution < 1.29 is 13.2 Å². The summed E-state index contributed by atoms with van der Waals surface area (Å²) in [5.41, 5.74) is 5.54. The smallest absolute Gasteiger partial charge is 0.267 e. The van der Waals surface area contributed by atoms with Crippen LogP contribution in [0.5, 0.6) is 0 Å². The van der Waals surface area contributed by atoms with Crippen molar-refractivity contribution in [3.05, 3.63) is 155 Å². The van der Waals surface area contributed by atoms with Crippen molar-refractivity contribution in [3.8, 4) is 0 Å². The van der Waals surface area contributed by atoms with Gasteiger partial charge in [-0.05, 0) is 76.5 Å². The van der Waals surface area contributed by atoms with Gasteiger partial charge >= 0.3 is 0 Å². The number of benzene rings is 6. The zero-order valence-corrected chi connectivity index (χ0v) is 25.4. The van der Waals surface area contributed by atoms with Crippen molar-refractivity contribution in [2.24, 2.45) is 5.10 Å². The van der Waals surface area contributed by atoms with E-state index in [9.17, 15) is 13.2 Å². The Morgan fingerprint density at radius 1 is 0.795 bits per heavy atom. The van der Waals surface area contributed by atoms with Crippen molar-refractivity contribution in [1.82, 2.24) is 5.43 Å². The minimum atomic E-state index is -4.07. The summed E-state index contributed by atoms with van der Waals surface area (Å²) in [5, 5.41) is 9.00. The standard InChI is InChI=1S/C36H28ClN3O3S/c1-25-14-20-30(21-15-25)44(42,43)40(24-26-16-18-29(37)19-17-26)35-13-7-6-12-33(35)36(41)39-38-23-34-31-10-4-2-8-27(31)22-28-9-3-5-11-32(28)34/h2-23H,24H2,1H3,(H,39,41)/b38-23+. The number of aryl methyl sites for hydroxylation is 1. The van der Waals surface area contributed by atoms with Crippen LogP contribution in [0.15, 0.2) is 137 Å². The molecule has 1 N–H and O–H groups in total. The van der Waals surface area contributed by atoms with Crippen molar-refractivity contribution in [2.45, 2.75) is 18.4 Å². The highest BCUT2D eigenvalue weighted by Crippen LogP contribution is 2.30. The van der Waals surface area contributed by atoms with Gasteiger partial charge in [0.05, 0.1) is 28.9 Å². The molecule has 0 spiro atoms. The zero-order chi connectivity index (χ0) is 30.7. The van der Waals surface area contributed by atoms with Gasteiger partial charge in [0.2, 0.25) is 0 Å². The number of carbonyl (C=O) groups is 1. The van der Waals surface area contributed by atoms with E-state index in [1.165, 1.54) is 4.31 Å². The van der Waals surface area contributed by atoms with Gasteiger partial charge in [0, 0.05) is 10.6 Å². The fraction of sp³-hybridized carbons (Fsp3) is 0.0556. The summed E-state index contributed by atoms with van der Waals surface area (Å²) in [5.74, 6) is -0.540. The number of halogens is 1. The molecule has 1 amide bonds. The lowest BCUT2D eigenvalue weighted by atomic mass is 9.97. The number of amides is 1. The summed E-state index contributed by atoms with van der Waals surface area (Å²) in [6, 6.07) is 38.3. The van der Waals surface area contributed by atoms with Gasteiger partial charge in [-0.3, -0.25) is 9.10 Å². The largest absolute Gasteiger partial charge is 0.273 e. The molecule has 6 nitrogen and oxygen atoms in total. The van der Waals surface area contributed by atoms with Crippen molar-refractivity contribution in [2.75, 3.05) is 4.31 Å².